The van der Waals surface area contributed by atoms with Crippen LogP contribution in [0.4, 0.5) is 0 Å². The van der Waals surface area contributed by atoms with E-state index in [9.17, 15) is 129 Å². The number of amides is 5. The molecular weight excluding hydrogens is 1690 g/mol. The molecule has 5 saturated heterocycles. The highest BCUT2D eigenvalue weighted by atomic mass is 31.2. The molecule has 50 heteroatoms. The van der Waals surface area contributed by atoms with Gasteiger partial charge in [0.25, 0.3) is 5.79 Å². The number of carbonyl (C=O) groups is 10. The fourth-order valence-corrected chi connectivity index (χ4v) is 14.3. The van der Waals surface area contributed by atoms with E-state index in [-0.39, 0.29) is 83.3 Å². The fourth-order valence-electron chi connectivity index (χ4n) is 13.7. The molecule has 20 N–H and O–H groups in total. The molecule has 28 atom stereocenters. The van der Waals surface area contributed by atoms with Crippen LogP contribution in [0, 0.1) is 0 Å². The Balaban J connectivity index is 0.942. The second kappa shape index (κ2) is 49.6. The van der Waals surface area contributed by atoms with Crippen LogP contribution >= 0.6 is 7.82 Å². The monoisotopic (exact) mass is 1800 g/mol. The first-order valence-electron chi connectivity index (χ1n) is 40.4. The highest BCUT2D eigenvalue weighted by Crippen LogP contribution is 2.44. The van der Waals surface area contributed by atoms with Crippen LogP contribution in [0.5, 0.6) is 0 Å². The molecule has 0 radical (unpaired) electrons. The second-order valence-electron chi connectivity index (χ2n) is 29.5. The van der Waals surface area contributed by atoms with Gasteiger partial charge in [-0.15, -0.1) is 5.10 Å². The number of esters is 4. The molecule has 5 amide bonds. The Morgan fingerprint density at radius 3 is 1.66 bits per heavy atom. The number of nitrogens with zero attached hydrogens (tertiary/aromatic N) is 3. The lowest BCUT2D eigenvalue weighted by molar-refractivity contribution is -0.386. The van der Waals surface area contributed by atoms with E-state index in [0.717, 1.165) is 0 Å². The number of hydrogen-bond acceptors (Lipinski definition) is 40. The Bertz CT molecular complexity index is 3800. The van der Waals surface area contributed by atoms with Crippen molar-refractivity contribution < 1.29 is 200 Å². The van der Waals surface area contributed by atoms with Crippen LogP contribution in [0.3, 0.4) is 0 Å². The quantitative estimate of drug-likeness (QED) is 0.0127. The van der Waals surface area contributed by atoms with Gasteiger partial charge < -0.3 is 169 Å². The maximum atomic E-state index is 13.9. The van der Waals surface area contributed by atoms with E-state index in [1.807, 2.05) is 0 Å². The molecule has 5 aliphatic heterocycles. The van der Waals surface area contributed by atoms with Crippen LogP contribution in [-0.2, 0) is 143 Å². The van der Waals surface area contributed by atoms with Crippen LogP contribution in [-0.4, -0.2) is 374 Å². The van der Waals surface area contributed by atoms with Crippen LogP contribution in [0.1, 0.15) is 123 Å². The number of aliphatic hydroxyl groups is 12. The summed E-state index contributed by atoms with van der Waals surface area (Å²) in [6.45, 7) is 2.45. The smallest absolute Gasteiger partial charge is 0.470 e. The standard InChI is InChI=1S/C74H115N8O41P/c1-7-37(112-50(94)9-3)25-48(92)78-55-65(118-52(96)11-5)59(100)44(34-111-70-56(79-49(93)26-38(8-2)113-51(95)10-4)67(119-53(97)12-6)64(43(33-86)115-70)123-124(106,107)108)117-69(55)109-22-20-75-45(89)18-19-46(90)76-28-36-29-82(81-80-36)21-23-110-71-61(102)60(101)63(42(32-85)116-71)120-72-62(103)68(58(99)41(31-84)114-72)122-74(73(104)105)27-39(87)54(66(121-74)57(98)40(88)30-83)77-47(91)24-35-16-14-13-15-17-35/h13-17,29,37-44,54-72,83-88,98-103H,7-12,18-28,30-34H2,1-6H3,(H,75,89)(H,76,90)(H,77,91)(H,78,92)(H,79,93)(H,104,105)(H2,106,107,108)/t37-,38-,39-,40-,41?,42?,43?,44?,54-,55?,56?,57-,58+,59-,60-,61+,62?,63-,64-,65-,66?,67-,68+,69-,70-,71?,72+,74+/m1/s1. The molecule has 5 aliphatic rings. The van der Waals surface area contributed by atoms with Crippen molar-refractivity contribution in [3.63, 3.8) is 0 Å². The molecule has 49 nitrogen and oxygen atoms in total. The molecule has 0 spiro atoms. The van der Waals surface area contributed by atoms with Crippen molar-refractivity contribution in [3.8, 4) is 0 Å². The van der Waals surface area contributed by atoms with Crippen molar-refractivity contribution in [2.24, 2.45) is 0 Å². The van der Waals surface area contributed by atoms with E-state index in [2.05, 4.69) is 36.9 Å². The summed E-state index contributed by atoms with van der Waals surface area (Å²) < 4.78 is 99.4. The van der Waals surface area contributed by atoms with Gasteiger partial charge in [-0.25, -0.2) is 14.0 Å². The maximum Gasteiger partial charge on any atom is 0.470 e. The van der Waals surface area contributed by atoms with Crippen molar-refractivity contribution >= 4 is 67.2 Å². The molecule has 1 aromatic heterocycles. The van der Waals surface area contributed by atoms with E-state index < -0.39 is 304 Å². The van der Waals surface area contributed by atoms with E-state index in [4.69, 9.17) is 70.8 Å². The number of rotatable bonds is 48. The third-order valence-corrected chi connectivity index (χ3v) is 20.9. The number of carbonyl (C=O) groups excluding carboxylic acids is 9. The average Bonchev–Trinajstić information content (AvgIpc) is 0.758. The number of phosphoric acid groups is 1. The van der Waals surface area contributed by atoms with E-state index in [1.165, 1.54) is 38.6 Å². The zero-order valence-electron chi connectivity index (χ0n) is 68.7. The van der Waals surface area contributed by atoms with Crippen molar-refractivity contribution in [1.82, 2.24) is 41.6 Å². The number of hydrogen-bond donors (Lipinski definition) is 20. The largest absolute Gasteiger partial charge is 0.477 e. The third-order valence-electron chi connectivity index (χ3n) is 20.4. The van der Waals surface area contributed by atoms with Gasteiger partial charge in [0.1, 0.15) is 122 Å². The van der Waals surface area contributed by atoms with E-state index in [0.29, 0.717) is 5.56 Å². The number of phosphoric ester groups is 1. The van der Waals surface area contributed by atoms with Crippen LogP contribution in [0.2, 0.25) is 0 Å². The lowest BCUT2D eigenvalue weighted by Gasteiger charge is -2.50. The second-order valence-corrected chi connectivity index (χ2v) is 30.6. The minimum Gasteiger partial charge on any atom is -0.477 e. The van der Waals surface area contributed by atoms with Crippen molar-refractivity contribution in [2.45, 2.75) is 303 Å². The number of aliphatic hydroxyl groups excluding tert-OH is 12. The number of nitrogens with one attached hydrogen (secondary N) is 5. The molecule has 9 unspecified atom stereocenters. The summed E-state index contributed by atoms with van der Waals surface area (Å²) >= 11 is 0. The number of carboxylic acid groups (broad SMARTS) is 1. The van der Waals surface area contributed by atoms with Gasteiger partial charge in [-0.3, -0.25) is 47.7 Å². The molecule has 0 bridgehead atoms. The zero-order valence-corrected chi connectivity index (χ0v) is 69.6. The third kappa shape index (κ3) is 29.4. The molecule has 6 heterocycles. The summed E-state index contributed by atoms with van der Waals surface area (Å²) in [6, 6.07) is 3.09. The van der Waals surface area contributed by atoms with E-state index in [1.54, 1.807) is 44.2 Å². The Kier molecular flexibility index (Phi) is 41.3. The molecule has 1 aromatic carbocycles. The van der Waals surface area contributed by atoms with Gasteiger partial charge in [0, 0.05) is 51.5 Å². The molecule has 702 valence electrons. The van der Waals surface area contributed by atoms with Gasteiger partial charge in [-0.05, 0) is 18.4 Å². The summed E-state index contributed by atoms with van der Waals surface area (Å²) in [7, 11) is -5.53. The highest BCUT2D eigenvalue weighted by molar-refractivity contribution is 7.46. The van der Waals surface area contributed by atoms with Gasteiger partial charge in [0.05, 0.1) is 96.9 Å². The molecule has 124 heavy (non-hydrogen) atoms. The summed E-state index contributed by atoms with van der Waals surface area (Å²) in [5, 5.41) is 163. The van der Waals surface area contributed by atoms with E-state index >= 15 is 0 Å². The molecule has 0 saturated carbocycles. The summed E-state index contributed by atoms with van der Waals surface area (Å²) in [4.78, 5) is 151. The van der Waals surface area contributed by atoms with Gasteiger partial charge in [0.15, 0.2) is 37.4 Å². The Labute approximate surface area is 709 Å². The van der Waals surface area contributed by atoms with Crippen molar-refractivity contribution in [1.29, 1.82) is 0 Å². The molecule has 5 fully saturated rings. The lowest BCUT2D eigenvalue weighted by atomic mass is 9.88. The molecule has 7 rings (SSSR count). The minimum absolute atomic E-state index is 0.0297. The number of ether oxygens (including phenoxy) is 14. The van der Waals surface area contributed by atoms with Gasteiger partial charge in [0.2, 0.25) is 29.5 Å². The van der Waals surface area contributed by atoms with Crippen LogP contribution in [0.25, 0.3) is 0 Å². The fraction of sp³-hybridized carbons (Fsp3) is 0.757. The Morgan fingerprint density at radius 2 is 1.10 bits per heavy atom. The van der Waals surface area contributed by atoms with Gasteiger partial charge >= 0.3 is 37.7 Å². The average molecular weight is 1800 g/mol. The van der Waals surface area contributed by atoms with Gasteiger partial charge in [-0.2, -0.15) is 0 Å². The SMILES string of the molecule is CCC(=O)O[C@H](CC)CC(=O)NC1[C@H](OCCNC(=O)CCC(=O)NCc2cn(CCOC3OC(CO)[C@@H](O[C@@H]4OC(CO)[C@H](O)[C@H](O[C@]5(C(=O)O)C[C@@H](O)[C@@H](NC(=O)Cc6ccccc6)C([C@H](O)[C@H](O)CO)O5)C4O)[C@H](O)[C@@H]3O)nn2)OC(CO[C@@H]2OC(CO)[C@@H](OP(=O)(O)O)[C@H](OC(=O)CC)C2NC(=O)C[C@@H](CC)OC(=O)CC)[C@@H](O)[C@@H]1OC(=O)CC. The number of aliphatic carboxylic acids is 1. The predicted molar refractivity (Wildman–Crippen MR) is 406 cm³/mol. The van der Waals surface area contributed by atoms with Crippen LogP contribution in [0.15, 0.2) is 36.5 Å². The number of benzene rings is 1. The van der Waals surface area contributed by atoms with Crippen molar-refractivity contribution in [2.75, 3.05) is 52.8 Å². The molecule has 0 aliphatic carbocycles. The summed E-state index contributed by atoms with van der Waals surface area (Å²) in [5.41, 5.74) is 0.698. The first-order valence-corrected chi connectivity index (χ1v) is 41.9. The van der Waals surface area contributed by atoms with Crippen molar-refractivity contribution in [3.05, 3.63) is 47.8 Å². The zero-order chi connectivity index (χ0) is 91.4. The first-order chi connectivity index (χ1) is 58.9. The molecular formula is C74H115N8O41P. The Hall–Kier alpha value is -7.71. The minimum atomic E-state index is -5.53. The normalized spacial score (nSPS) is 31.1. The summed E-state index contributed by atoms with van der Waals surface area (Å²) in [6.07, 6.45) is -47.4. The maximum absolute atomic E-state index is 13.9. The topological polar surface area (TPSA) is 721 Å². The highest BCUT2D eigenvalue weighted by Gasteiger charge is 2.61. The summed E-state index contributed by atoms with van der Waals surface area (Å²) in [5.74, 6) is -12.2. The van der Waals surface area contributed by atoms with Gasteiger partial charge in [-0.1, -0.05) is 77.1 Å². The first kappa shape index (κ1) is 103. The number of carboxylic acids is 1. The lowest BCUT2D eigenvalue weighted by Crippen LogP contribution is -2.71. The molecule has 2 aromatic rings. The number of aromatic nitrogens is 3. The van der Waals surface area contributed by atoms with Crippen LogP contribution < -0.4 is 26.6 Å². The Morgan fingerprint density at radius 1 is 0.573 bits per heavy atom. The predicted octanol–water partition coefficient (Wildman–Crippen LogP) is -8.00.